The molecule has 3 aromatic heterocycles. The molecule has 0 saturated carbocycles. The smallest absolute Gasteiger partial charge is 0.253 e. The zero-order chi connectivity index (χ0) is 17.2. The van der Waals surface area contributed by atoms with E-state index in [1.807, 2.05) is 36.4 Å². The summed E-state index contributed by atoms with van der Waals surface area (Å²) in [4.78, 5) is 19.7. The highest BCUT2D eigenvalue weighted by atomic mass is 79.9. The van der Waals surface area contributed by atoms with Crippen molar-refractivity contribution in [1.82, 2.24) is 25.5 Å². The van der Waals surface area contributed by atoms with Crippen LogP contribution in [0, 0.1) is 0 Å². The number of aromatic amines is 2. The van der Waals surface area contributed by atoms with Crippen LogP contribution in [0.3, 0.4) is 0 Å². The van der Waals surface area contributed by atoms with E-state index in [9.17, 15) is 4.79 Å². The van der Waals surface area contributed by atoms with Crippen LogP contribution in [0.4, 0.5) is 0 Å². The van der Waals surface area contributed by atoms with Gasteiger partial charge in [-0.1, -0.05) is 28.1 Å². The monoisotopic (exact) mass is 395 g/mol. The highest BCUT2D eigenvalue weighted by Gasteiger charge is 2.13. The number of hydrogen-bond acceptors (Lipinski definition) is 3. The number of nitrogens with one attached hydrogen (secondary N) is 3. The number of pyridine rings is 1. The van der Waals surface area contributed by atoms with E-state index in [1.54, 1.807) is 18.5 Å². The van der Waals surface area contributed by atoms with Crippen molar-refractivity contribution in [1.29, 1.82) is 0 Å². The molecule has 7 heteroatoms. The van der Waals surface area contributed by atoms with Gasteiger partial charge in [-0.15, -0.1) is 0 Å². The molecule has 6 nitrogen and oxygen atoms in total. The average molecular weight is 396 g/mol. The third-order valence-corrected chi connectivity index (χ3v) is 4.38. The molecule has 4 aromatic rings. The van der Waals surface area contributed by atoms with Crippen molar-refractivity contribution in [2.45, 2.75) is 6.54 Å². The molecular formula is C18H14BrN5O. The number of carbonyl (C=O) groups is 1. The predicted molar refractivity (Wildman–Crippen MR) is 99.0 cm³/mol. The van der Waals surface area contributed by atoms with Crippen LogP contribution in [0.25, 0.3) is 22.4 Å². The third-order valence-electron chi connectivity index (χ3n) is 3.89. The largest absolute Gasteiger partial charge is 0.359 e. The zero-order valence-corrected chi connectivity index (χ0v) is 14.7. The summed E-state index contributed by atoms with van der Waals surface area (Å²) in [6, 6.07) is 13.4. The molecule has 124 valence electrons. The van der Waals surface area contributed by atoms with E-state index in [1.165, 1.54) is 0 Å². The quantitative estimate of drug-likeness (QED) is 0.492. The molecule has 1 aromatic carbocycles. The number of nitrogens with zero attached hydrogens (tertiary/aromatic N) is 2. The summed E-state index contributed by atoms with van der Waals surface area (Å²) in [5.74, 6) is -0.135. The molecule has 0 unspecified atom stereocenters. The topological polar surface area (TPSA) is 86.5 Å². The normalized spacial score (nSPS) is 10.9. The first-order valence-corrected chi connectivity index (χ1v) is 8.50. The number of rotatable bonds is 4. The van der Waals surface area contributed by atoms with Gasteiger partial charge in [0.2, 0.25) is 0 Å². The van der Waals surface area contributed by atoms with Crippen LogP contribution < -0.4 is 5.32 Å². The van der Waals surface area contributed by atoms with Gasteiger partial charge in [0.05, 0.1) is 17.0 Å². The van der Waals surface area contributed by atoms with Crippen molar-refractivity contribution < 1.29 is 4.79 Å². The second-order valence-electron chi connectivity index (χ2n) is 5.59. The summed E-state index contributed by atoms with van der Waals surface area (Å²) in [7, 11) is 0. The molecule has 0 aliphatic heterocycles. The van der Waals surface area contributed by atoms with Gasteiger partial charge in [0, 0.05) is 28.8 Å². The van der Waals surface area contributed by atoms with E-state index < -0.39 is 0 Å². The fourth-order valence-corrected chi connectivity index (χ4v) is 3.10. The zero-order valence-electron chi connectivity index (χ0n) is 13.1. The van der Waals surface area contributed by atoms with E-state index in [-0.39, 0.29) is 5.91 Å². The number of fused-ring (bicyclic) bond motifs is 1. The van der Waals surface area contributed by atoms with Crippen LogP contribution >= 0.6 is 15.9 Å². The van der Waals surface area contributed by atoms with Crippen molar-refractivity contribution in [3.05, 3.63) is 70.5 Å². The Hall–Kier alpha value is -2.93. The molecule has 25 heavy (non-hydrogen) atoms. The van der Waals surface area contributed by atoms with E-state index in [4.69, 9.17) is 0 Å². The van der Waals surface area contributed by atoms with Gasteiger partial charge in [-0.2, -0.15) is 5.10 Å². The van der Waals surface area contributed by atoms with Crippen LogP contribution in [0.15, 0.2) is 59.3 Å². The number of aromatic nitrogens is 4. The summed E-state index contributed by atoms with van der Waals surface area (Å²) < 4.78 is 0.989. The number of carbonyl (C=O) groups excluding carboxylic acids is 1. The highest BCUT2D eigenvalue weighted by Crippen LogP contribution is 2.24. The first-order chi connectivity index (χ1) is 12.2. The second-order valence-corrected chi connectivity index (χ2v) is 6.50. The van der Waals surface area contributed by atoms with E-state index in [0.717, 1.165) is 26.8 Å². The summed E-state index contributed by atoms with van der Waals surface area (Å²) in [6.07, 6.45) is 3.39. The molecule has 0 atom stereocenters. The van der Waals surface area contributed by atoms with Crippen molar-refractivity contribution in [3.63, 3.8) is 0 Å². The fraction of sp³-hybridized carbons (Fsp3) is 0.0556. The molecule has 0 bridgehead atoms. The molecule has 0 aliphatic carbocycles. The van der Waals surface area contributed by atoms with E-state index in [0.29, 0.717) is 17.8 Å². The number of hydrogen-bond donors (Lipinski definition) is 3. The lowest BCUT2D eigenvalue weighted by atomic mass is 10.2. The molecule has 4 rings (SSSR count). The SMILES string of the molecule is O=C(NCc1cccc(Br)c1)c1c[nH]c(-c2[nH]nc3ncccc23)c1. The Morgan fingerprint density at radius 3 is 3.00 bits per heavy atom. The predicted octanol–water partition coefficient (Wildman–Crippen LogP) is 3.65. The Kier molecular flexibility index (Phi) is 4.07. The molecule has 0 fully saturated rings. The lowest BCUT2D eigenvalue weighted by Gasteiger charge is -2.04. The Morgan fingerprint density at radius 2 is 2.12 bits per heavy atom. The summed E-state index contributed by atoms with van der Waals surface area (Å²) in [6.45, 7) is 0.468. The van der Waals surface area contributed by atoms with Crippen molar-refractivity contribution in [2.24, 2.45) is 0 Å². The second kappa shape index (κ2) is 6.52. The van der Waals surface area contributed by atoms with Crippen LogP contribution in [0.2, 0.25) is 0 Å². The minimum absolute atomic E-state index is 0.135. The summed E-state index contributed by atoms with van der Waals surface area (Å²) in [5.41, 5.74) is 3.85. The molecule has 3 heterocycles. The highest BCUT2D eigenvalue weighted by molar-refractivity contribution is 9.10. The van der Waals surface area contributed by atoms with Crippen molar-refractivity contribution in [2.75, 3.05) is 0 Å². The maximum Gasteiger partial charge on any atom is 0.253 e. The first kappa shape index (κ1) is 15.6. The van der Waals surface area contributed by atoms with Crippen LogP contribution in [0.1, 0.15) is 15.9 Å². The fourth-order valence-electron chi connectivity index (χ4n) is 2.66. The Bertz CT molecular complexity index is 1050. The summed E-state index contributed by atoms with van der Waals surface area (Å²) >= 11 is 3.43. The minimum Gasteiger partial charge on any atom is -0.359 e. The Morgan fingerprint density at radius 1 is 1.20 bits per heavy atom. The Labute approximate surface area is 151 Å². The molecule has 0 spiro atoms. The maximum atomic E-state index is 12.4. The van der Waals surface area contributed by atoms with Gasteiger partial charge in [-0.3, -0.25) is 9.89 Å². The standard InChI is InChI=1S/C18H14BrN5O/c19-13-4-1-3-11(7-13)9-22-18(25)12-8-15(21-10-12)16-14-5-2-6-20-17(14)24-23-16/h1-8,10,21H,9H2,(H,22,25)(H,20,23,24). The van der Waals surface area contributed by atoms with Crippen LogP contribution in [-0.2, 0) is 6.54 Å². The van der Waals surface area contributed by atoms with Gasteiger partial charge in [-0.25, -0.2) is 4.98 Å². The van der Waals surface area contributed by atoms with Gasteiger partial charge in [-0.05, 0) is 35.9 Å². The maximum absolute atomic E-state index is 12.4. The lowest BCUT2D eigenvalue weighted by molar-refractivity contribution is 0.0951. The van der Waals surface area contributed by atoms with E-state index >= 15 is 0 Å². The minimum atomic E-state index is -0.135. The molecule has 0 aliphatic rings. The number of amides is 1. The van der Waals surface area contributed by atoms with Gasteiger partial charge >= 0.3 is 0 Å². The Balaban J connectivity index is 1.52. The van der Waals surface area contributed by atoms with E-state index in [2.05, 4.69) is 41.4 Å². The van der Waals surface area contributed by atoms with Gasteiger partial charge in [0.15, 0.2) is 5.65 Å². The molecule has 0 radical (unpaired) electrons. The van der Waals surface area contributed by atoms with Crippen molar-refractivity contribution >= 4 is 32.9 Å². The van der Waals surface area contributed by atoms with Gasteiger partial charge in [0.25, 0.3) is 5.91 Å². The van der Waals surface area contributed by atoms with Crippen LogP contribution in [-0.4, -0.2) is 26.1 Å². The van der Waals surface area contributed by atoms with Crippen molar-refractivity contribution in [3.8, 4) is 11.4 Å². The number of H-pyrrole nitrogens is 2. The molecule has 0 saturated heterocycles. The number of halogens is 1. The third kappa shape index (κ3) is 3.18. The average Bonchev–Trinajstić information content (AvgIpc) is 3.26. The summed E-state index contributed by atoms with van der Waals surface area (Å²) in [5, 5.41) is 11.0. The first-order valence-electron chi connectivity index (χ1n) is 7.71. The van der Waals surface area contributed by atoms with Crippen LogP contribution in [0.5, 0.6) is 0 Å². The molecule has 3 N–H and O–H groups in total. The number of benzene rings is 1. The molecule has 1 amide bonds. The van der Waals surface area contributed by atoms with Gasteiger partial charge < -0.3 is 10.3 Å². The molecular weight excluding hydrogens is 382 g/mol. The van der Waals surface area contributed by atoms with Gasteiger partial charge in [0.1, 0.15) is 0 Å². The lowest BCUT2D eigenvalue weighted by Crippen LogP contribution is -2.22.